The Hall–Kier alpha value is -4.76. The van der Waals surface area contributed by atoms with Gasteiger partial charge in [0, 0.05) is 25.4 Å². The summed E-state index contributed by atoms with van der Waals surface area (Å²) in [7, 11) is 0. The summed E-state index contributed by atoms with van der Waals surface area (Å²) in [5.41, 5.74) is 6.89. The van der Waals surface area contributed by atoms with Gasteiger partial charge in [0.05, 0.1) is 11.8 Å². The number of hydroxylamine groups is 1. The predicted molar refractivity (Wildman–Crippen MR) is 166 cm³/mol. The Bertz CT molecular complexity index is 1600. The van der Waals surface area contributed by atoms with Crippen molar-refractivity contribution in [2.24, 2.45) is 0 Å². The number of aromatic nitrogens is 2. The normalized spacial score (nSPS) is 12.8. The highest BCUT2D eigenvalue weighted by atomic mass is 16.5. The molecule has 9 heteroatoms. The van der Waals surface area contributed by atoms with Gasteiger partial charge in [-0.15, -0.1) is 0 Å². The number of hydrogen-bond acceptors (Lipinski definition) is 6. The van der Waals surface area contributed by atoms with Gasteiger partial charge in [-0.05, 0) is 78.6 Å². The highest BCUT2D eigenvalue weighted by Crippen LogP contribution is 2.26. The van der Waals surface area contributed by atoms with Gasteiger partial charge in [0.1, 0.15) is 17.3 Å². The molecule has 9 nitrogen and oxygen atoms in total. The average molecular weight is 595 g/mol. The fraction of sp³-hybridized carbons (Fsp3) is 0.314. The van der Waals surface area contributed by atoms with Crippen molar-refractivity contribution in [3.8, 4) is 5.75 Å². The van der Waals surface area contributed by atoms with Crippen molar-refractivity contribution in [1.29, 1.82) is 0 Å². The first kappa shape index (κ1) is 30.7. The van der Waals surface area contributed by atoms with E-state index in [0.717, 1.165) is 49.1 Å². The van der Waals surface area contributed by atoms with E-state index in [-0.39, 0.29) is 12.3 Å². The molecular formula is C35H38N4O5. The van der Waals surface area contributed by atoms with Crippen molar-refractivity contribution in [2.75, 3.05) is 0 Å². The molecule has 0 spiro atoms. The number of imidazole rings is 1. The zero-order valence-corrected chi connectivity index (χ0v) is 24.9. The average Bonchev–Trinajstić information content (AvgIpc) is 3.67. The van der Waals surface area contributed by atoms with Gasteiger partial charge in [-0.1, -0.05) is 61.9 Å². The van der Waals surface area contributed by atoms with Crippen LogP contribution < -0.4 is 15.5 Å². The first-order valence-electron chi connectivity index (χ1n) is 15.2. The number of ether oxygens (including phenoxy) is 1. The van der Waals surface area contributed by atoms with E-state index in [9.17, 15) is 14.4 Å². The van der Waals surface area contributed by atoms with Crippen molar-refractivity contribution in [1.82, 2.24) is 20.3 Å². The van der Waals surface area contributed by atoms with E-state index >= 15 is 0 Å². The van der Waals surface area contributed by atoms with E-state index in [1.807, 2.05) is 65.2 Å². The molecule has 0 saturated heterocycles. The summed E-state index contributed by atoms with van der Waals surface area (Å²) in [6.45, 7) is 2.48. The molecule has 1 aromatic heterocycles. The highest BCUT2D eigenvalue weighted by Gasteiger charge is 2.22. The molecule has 0 radical (unpaired) electrons. The molecule has 5 rings (SSSR count). The van der Waals surface area contributed by atoms with E-state index in [0.29, 0.717) is 36.4 Å². The molecule has 0 aliphatic heterocycles. The van der Waals surface area contributed by atoms with Crippen LogP contribution in [0.3, 0.4) is 0 Å². The SMILES string of the molecule is CCCCc1ncc(C(=O)NC(CC(=O)NO)Cc2ccccc2)n1Cc1ccc(C(=O)Oc2ccc3c(c2)CCC3)cc1. The van der Waals surface area contributed by atoms with Gasteiger partial charge in [0.2, 0.25) is 5.91 Å². The maximum Gasteiger partial charge on any atom is 0.343 e. The van der Waals surface area contributed by atoms with E-state index in [1.165, 1.54) is 11.1 Å². The number of carbonyl (C=O) groups is 3. The number of aryl methyl sites for hydroxylation is 3. The lowest BCUT2D eigenvalue weighted by Gasteiger charge is -2.19. The number of hydrogen-bond donors (Lipinski definition) is 3. The van der Waals surface area contributed by atoms with Gasteiger partial charge >= 0.3 is 5.97 Å². The highest BCUT2D eigenvalue weighted by molar-refractivity contribution is 5.93. The fourth-order valence-corrected chi connectivity index (χ4v) is 5.61. The molecule has 1 aliphatic rings. The molecule has 4 aromatic rings. The summed E-state index contributed by atoms with van der Waals surface area (Å²) in [5, 5.41) is 12.1. The van der Waals surface area contributed by atoms with Crippen LogP contribution in [0.5, 0.6) is 5.75 Å². The molecule has 3 aromatic carbocycles. The summed E-state index contributed by atoms with van der Waals surface area (Å²) < 4.78 is 7.53. The Labute approximate surface area is 257 Å². The maximum atomic E-state index is 13.6. The number of benzene rings is 3. The second-order valence-corrected chi connectivity index (χ2v) is 11.2. The van der Waals surface area contributed by atoms with Gasteiger partial charge in [-0.2, -0.15) is 0 Å². The van der Waals surface area contributed by atoms with Crippen molar-refractivity contribution >= 4 is 17.8 Å². The van der Waals surface area contributed by atoms with Gasteiger partial charge in [0.15, 0.2) is 0 Å². The predicted octanol–water partition coefficient (Wildman–Crippen LogP) is 5.22. The van der Waals surface area contributed by atoms with Crippen LogP contribution in [0, 0.1) is 0 Å². The number of unbranched alkanes of at least 4 members (excludes halogenated alkanes) is 1. The Morgan fingerprint density at radius 1 is 0.977 bits per heavy atom. The molecule has 2 amide bonds. The summed E-state index contributed by atoms with van der Waals surface area (Å²) in [6, 6.07) is 22.0. The quantitative estimate of drug-likeness (QED) is 0.0845. The Morgan fingerprint density at radius 2 is 1.75 bits per heavy atom. The van der Waals surface area contributed by atoms with E-state index < -0.39 is 17.9 Å². The van der Waals surface area contributed by atoms with Crippen molar-refractivity contribution < 1.29 is 24.3 Å². The lowest BCUT2D eigenvalue weighted by molar-refractivity contribution is -0.129. The zero-order valence-electron chi connectivity index (χ0n) is 24.9. The van der Waals surface area contributed by atoms with Gasteiger partial charge < -0.3 is 14.6 Å². The van der Waals surface area contributed by atoms with Crippen LogP contribution >= 0.6 is 0 Å². The molecule has 1 atom stereocenters. The molecule has 1 unspecified atom stereocenters. The minimum Gasteiger partial charge on any atom is -0.423 e. The first-order valence-corrected chi connectivity index (χ1v) is 15.2. The molecule has 3 N–H and O–H groups in total. The largest absolute Gasteiger partial charge is 0.423 e. The summed E-state index contributed by atoms with van der Waals surface area (Å²) >= 11 is 0. The first-order chi connectivity index (χ1) is 21.4. The minimum atomic E-state index is -0.585. The third-order valence-electron chi connectivity index (χ3n) is 7.95. The van der Waals surface area contributed by atoms with Crippen molar-refractivity contribution in [3.63, 3.8) is 0 Å². The van der Waals surface area contributed by atoms with Crippen LogP contribution in [-0.4, -0.2) is 38.6 Å². The molecule has 228 valence electrons. The van der Waals surface area contributed by atoms with Crippen LogP contribution in [0.2, 0.25) is 0 Å². The van der Waals surface area contributed by atoms with E-state index in [1.54, 1.807) is 23.8 Å². The third kappa shape index (κ3) is 7.79. The number of esters is 1. The second-order valence-electron chi connectivity index (χ2n) is 11.2. The smallest absolute Gasteiger partial charge is 0.343 e. The maximum absolute atomic E-state index is 13.6. The fourth-order valence-electron chi connectivity index (χ4n) is 5.61. The second kappa shape index (κ2) is 14.6. The lowest BCUT2D eigenvalue weighted by Crippen LogP contribution is -2.41. The number of fused-ring (bicyclic) bond motifs is 1. The Morgan fingerprint density at radius 3 is 2.50 bits per heavy atom. The zero-order chi connectivity index (χ0) is 30.9. The number of nitrogens with one attached hydrogen (secondary N) is 2. The summed E-state index contributed by atoms with van der Waals surface area (Å²) in [4.78, 5) is 43.0. The van der Waals surface area contributed by atoms with Crippen molar-refractivity contribution in [2.45, 2.75) is 70.9 Å². The number of rotatable bonds is 13. The molecule has 0 fully saturated rings. The molecule has 0 saturated carbocycles. The topological polar surface area (TPSA) is 123 Å². The molecule has 1 heterocycles. The summed E-state index contributed by atoms with van der Waals surface area (Å²) in [6.07, 6.45) is 7.70. The van der Waals surface area contributed by atoms with Crippen LogP contribution in [0.1, 0.15) is 81.5 Å². The van der Waals surface area contributed by atoms with Crippen LogP contribution in [0.15, 0.2) is 79.0 Å². The van der Waals surface area contributed by atoms with Crippen molar-refractivity contribution in [3.05, 3.63) is 118 Å². The monoisotopic (exact) mass is 594 g/mol. The van der Waals surface area contributed by atoms with Crippen LogP contribution in [0.4, 0.5) is 0 Å². The minimum absolute atomic E-state index is 0.0863. The van der Waals surface area contributed by atoms with E-state index in [2.05, 4.69) is 17.2 Å². The standard InChI is InChI=1S/C35H38N4O5/c1-2-3-12-32-36-22-31(34(41)37-29(21-33(40)38-43)19-24-8-5-4-6-9-24)39(32)23-25-13-15-27(16-14-25)35(42)44-30-18-17-26-10-7-11-28(26)20-30/h4-6,8-9,13-18,20,22,29,43H,2-3,7,10-12,19,21,23H2,1H3,(H,37,41)(H,38,40). The van der Waals surface area contributed by atoms with Gasteiger partial charge in [0.25, 0.3) is 5.91 Å². The molecule has 1 aliphatic carbocycles. The lowest BCUT2D eigenvalue weighted by atomic mass is 10.0. The Kier molecular flexibility index (Phi) is 10.2. The molecule has 0 bridgehead atoms. The molecule has 44 heavy (non-hydrogen) atoms. The van der Waals surface area contributed by atoms with Crippen LogP contribution in [0.25, 0.3) is 0 Å². The van der Waals surface area contributed by atoms with Crippen LogP contribution in [-0.2, 0) is 37.0 Å². The van der Waals surface area contributed by atoms with E-state index in [4.69, 9.17) is 9.94 Å². The summed E-state index contributed by atoms with van der Waals surface area (Å²) in [5.74, 6) is -0.0296. The Balaban J connectivity index is 1.31. The number of amides is 2. The van der Waals surface area contributed by atoms with Gasteiger partial charge in [-0.25, -0.2) is 15.3 Å². The third-order valence-corrected chi connectivity index (χ3v) is 7.95. The van der Waals surface area contributed by atoms with Gasteiger partial charge in [-0.3, -0.25) is 14.8 Å². The number of carbonyl (C=O) groups excluding carboxylic acids is 3. The number of nitrogens with zero attached hydrogens (tertiary/aromatic N) is 2. The molecular weight excluding hydrogens is 556 g/mol.